The van der Waals surface area contributed by atoms with Crippen LogP contribution >= 0.6 is 11.8 Å². The van der Waals surface area contributed by atoms with Gasteiger partial charge < -0.3 is 14.7 Å². The smallest absolute Gasteiger partial charge is 0.323 e. The molecule has 8 heteroatoms. The highest BCUT2D eigenvalue weighted by atomic mass is 32.2. The number of hydrogen-bond donors (Lipinski definition) is 2. The molecule has 0 aliphatic carbocycles. The van der Waals surface area contributed by atoms with Gasteiger partial charge in [0.2, 0.25) is 5.91 Å². The Bertz CT molecular complexity index is 640. The molecule has 1 aromatic carbocycles. The Morgan fingerprint density at radius 1 is 1.37 bits per heavy atom. The van der Waals surface area contributed by atoms with Crippen molar-refractivity contribution in [2.24, 2.45) is 0 Å². The average molecular weight is 394 g/mol. The van der Waals surface area contributed by atoms with Crippen LogP contribution in [-0.4, -0.2) is 71.1 Å². The molecule has 1 fully saturated rings. The predicted octanol–water partition coefficient (Wildman–Crippen LogP) is 1.17. The van der Waals surface area contributed by atoms with Gasteiger partial charge in [0.1, 0.15) is 12.6 Å². The summed E-state index contributed by atoms with van der Waals surface area (Å²) in [4.78, 5) is 37.4. The van der Waals surface area contributed by atoms with Gasteiger partial charge in [-0.05, 0) is 25.3 Å². The van der Waals surface area contributed by atoms with Crippen LogP contribution in [0.5, 0.6) is 0 Å². The topological polar surface area (TPSA) is 95.9 Å². The Morgan fingerprint density at radius 3 is 2.78 bits per heavy atom. The van der Waals surface area contributed by atoms with Gasteiger partial charge in [0.15, 0.2) is 0 Å². The molecule has 2 atom stereocenters. The molecule has 0 unspecified atom stereocenters. The van der Waals surface area contributed by atoms with E-state index >= 15 is 0 Å². The Kier molecular flexibility index (Phi) is 8.60. The molecule has 2 N–H and O–H groups in total. The zero-order valence-corrected chi connectivity index (χ0v) is 16.2. The lowest BCUT2D eigenvalue weighted by atomic mass is 10.0. The van der Waals surface area contributed by atoms with E-state index in [0.29, 0.717) is 30.9 Å². The normalized spacial score (nSPS) is 18.6. The van der Waals surface area contributed by atoms with Crippen molar-refractivity contribution in [3.8, 4) is 0 Å². The Hall–Kier alpha value is -2.06. The number of thioether (sulfide) groups is 1. The molecule has 1 amide bonds. The molecule has 1 saturated heterocycles. The van der Waals surface area contributed by atoms with Gasteiger partial charge in [-0.2, -0.15) is 11.8 Å². The number of esters is 1. The van der Waals surface area contributed by atoms with Crippen LogP contribution in [0.4, 0.5) is 0 Å². The highest BCUT2D eigenvalue weighted by Crippen LogP contribution is 2.15. The summed E-state index contributed by atoms with van der Waals surface area (Å²) in [6.07, 6.45) is 1.17. The number of benzene rings is 1. The third-order valence-electron chi connectivity index (χ3n) is 4.26. The van der Waals surface area contributed by atoms with Crippen molar-refractivity contribution < 1.29 is 24.2 Å². The minimum Gasteiger partial charge on any atom is -0.480 e. The number of aryl methyl sites for hydroxylation is 1. The number of nitrogens with zero attached hydrogens (tertiary/aromatic N) is 1. The minimum atomic E-state index is -1.04. The summed E-state index contributed by atoms with van der Waals surface area (Å²) in [7, 11) is 0. The number of carbonyl (C=O) groups is 3. The van der Waals surface area contributed by atoms with Crippen molar-refractivity contribution in [2.45, 2.75) is 31.8 Å². The SMILES string of the molecule is CCOC(=O)[C@H](CCc1ccccc1)N[C@H]1CSCCN(CC(=O)O)C1=O. The highest BCUT2D eigenvalue weighted by Gasteiger charge is 2.32. The fourth-order valence-electron chi connectivity index (χ4n) is 2.93. The van der Waals surface area contributed by atoms with Crippen LogP contribution in [0.3, 0.4) is 0 Å². The number of ether oxygens (including phenoxy) is 1. The van der Waals surface area contributed by atoms with E-state index in [4.69, 9.17) is 9.84 Å². The second-order valence-corrected chi connectivity index (χ2v) is 7.43. The van der Waals surface area contributed by atoms with E-state index in [-0.39, 0.29) is 25.0 Å². The number of carboxylic acids is 1. The molecule has 0 bridgehead atoms. The monoisotopic (exact) mass is 394 g/mol. The number of nitrogens with one attached hydrogen (secondary N) is 1. The van der Waals surface area contributed by atoms with Crippen LogP contribution in [0.1, 0.15) is 18.9 Å². The molecule has 2 rings (SSSR count). The van der Waals surface area contributed by atoms with Crippen molar-refractivity contribution in [2.75, 3.05) is 31.2 Å². The van der Waals surface area contributed by atoms with Gasteiger partial charge in [-0.15, -0.1) is 0 Å². The van der Waals surface area contributed by atoms with Gasteiger partial charge in [0, 0.05) is 18.1 Å². The lowest BCUT2D eigenvalue weighted by Gasteiger charge is -2.26. The van der Waals surface area contributed by atoms with Crippen molar-refractivity contribution in [1.82, 2.24) is 10.2 Å². The first kappa shape index (κ1) is 21.2. The second kappa shape index (κ2) is 10.9. The fourth-order valence-corrected chi connectivity index (χ4v) is 3.92. The molecule has 0 spiro atoms. The second-order valence-electron chi connectivity index (χ2n) is 6.28. The van der Waals surface area contributed by atoms with Crippen molar-refractivity contribution in [1.29, 1.82) is 0 Å². The van der Waals surface area contributed by atoms with E-state index in [0.717, 1.165) is 5.56 Å². The lowest BCUT2D eigenvalue weighted by molar-refractivity contribution is -0.148. The molecule has 0 radical (unpaired) electrons. The van der Waals surface area contributed by atoms with E-state index in [1.165, 1.54) is 4.90 Å². The molecular formula is C19H26N2O5S. The molecule has 1 heterocycles. The molecule has 1 aromatic rings. The summed E-state index contributed by atoms with van der Waals surface area (Å²) in [5.41, 5.74) is 1.10. The van der Waals surface area contributed by atoms with E-state index in [9.17, 15) is 14.4 Å². The summed E-state index contributed by atoms with van der Waals surface area (Å²) in [6.45, 7) is 2.07. The number of rotatable bonds is 9. The summed E-state index contributed by atoms with van der Waals surface area (Å²) in [6, 6.07) is 8.57. The third kappa shape index (κ3) is 6.88. The van der Waals surface area contributed by atoms with Gasteiger partial charge >= 0.3 is 11.9 Å². The van der Waals surface area contributed by atoms with Crippen molar-refractivity contribution in [3.05, 3.63) is 35.9 Å². The number of carbonyl (C=O) groups excluding carboxylic acids is 2. The number of aliphatic carboxylic acids is 1. The molecule has 1 aliphatic heterocycles. The molecule has 27 heavy (non-hydrogen) atoms. The van der Waals surface area contributed by atoms with Gasteiger partial charge in [0.25, 0.3) is 0 Å². The van der Waals surface area contributed by atoms with Crippen LogP contribution in [0.2, 0.25) is 0 Å². The molecule has 7 nitrogen and oxygen atoms in total. The highest BCUT2D eigenvalue weighted by molar-refractivity contribution is 7.99. The summed E-state index contributed by atoms with van der Waals surface area (Å²) >= 11 is 1.57. The maximum atomic E-state index is 12.7. The van der Waals surface area contributed by atoms with E-state index in [1.807, 2.05) is 30.3 Å². The number of hydrogen-bond acceptors (Lipinski definition) is 6. The van der Waals surface area contributed by atoms with Crippen LogP contribution in [0.25, 0.3) is 0 Å². The largest absolute Gasteiger partial charge is 0.480 e. The molecule has 148 valence electrons. The molecule has 1 aliphatic rings. The number of amides is 1. The minimum absolute atomic E-state index is 0.265. The average Bonchev–Trinajstić information content (AvgIpc) is 2.81. The maximum Gasteiger partial charge on any atom is 0.323 e. The first-order chi connectivity index (χ1) is 13.0. The Labute approximate surface area is 163 Å². The van der Waals surface area contributed by atoms with Crippen LogP contribution in [0, 0.1) is 0 Å². The maximum absolute atomic E-state index is 12.7. The Morgan fingerprint density at radius 2 is 2.11 bits per heavy atom. The van der Waals surface area contributed by atoms with Gasteiger partial charge in [-0.1, -0.05) is 30.3 Å². The van der Waals surface area contributed by atoms with Crippen molar-refractivity contribution in [3.63, 3.8) is 0 Å². The first-order valence-electron chi connectivity index (χ1n) is 9.06. The van der Waals surface area contributed by atoms with Gasteiger partial charge in [-0.3, -0.25) is 19.7 Å². The molecule has 0 saturated carbocycles. The van der Waals surface area contributed by atoms with Gasteiger partial charge in [-0.25, -0.2) is 0 Å². The Balaban J connectivity index is 2.06. The lowest BCUT2D eigenvalue weighted by Crippen LogP contribution is -2.53. The summed E-state index contributed by atoms with van der Waals surface area (Å²) in [5.74, 6) is -0.543. The zero-order valence-electron chi connectivity index (χ0n) is 15.4. The zero-order chi connectivity index (χ0) is 19.6. The van der Waals surface area contributed by atoms with Crippen LogP contribution in [0.15, 0.2) is 30.3 Å². The first-order valence-corrected chi connectivity index (χ1v) is 10.2. The number of carboxylic acid groups (broad SMARTS) is 1. The predicted molar refractivity (Wildman–Crippen MR) is 104 cm³/mol. The van der Waals surface area contributed by atoms with Crippen LogP contribution in [-0.2, 0) is 25.5 Å². The van der Waals surface area contributed by atoms with Gasteiger partial charge in [0.05, 0.1) is 12.6 Å². The fraction of sp³-hybridized carbons (Fsp3) is 0.526. The van der Waals surface area contributed by atoms with Crippen LogP contribution < -0.4 is 5.32 Å². The molecule has 0 aromatic heterocycles. The van der Waals surface area contributed by atoms with E-state index in [2.05, 4.69) is 5.32 Å². The van der Waals surface area contributed by atoms with E-state index < -0.39 is 18.1 Å². The van der Waals surface area contributed by atoms with E-state index in [1.54, 1.807) is 18.7 Å². The molecular weight excluding hydrogens is 368 g/mol. The van der Waals surface area contributed by atoms with Crippen molar-refractivity contribution >= 4 is 29.6 Å². The quantitative estimate of drug-likeness (QED) is 0.607. The summed E-state index contributed by atoms with van der Waals surface area (Å²) < 4.78 is 5.16. The standard InChI is InChI=1S/C19H26N2O5S/c1-2-26-19(25)15(9-8-14-6-4-3-5-7-14)20-16-13-27-11-10-21(18(16)24)12-17(22)23/h3-7,15-16,20H,2,8-13H2,1H3,(H,22,23)/t15-,16-/m0/s1. The third-order valence-corrected chi connectivity index (χ3v) is 5.30. The summed E-state index contributed by atoms with van der Waals surface area (Å²) in [5, 5.41) is 12.1.